The first-order valence-corrected chi connectivity index (χ1v) is 11.4. The number of rotatable bonds is 9. The predicted octanol–water partition coefficient (Wildman–Crippen LogP) is 6.15. The third-order valence-electron chi connectivity index (χ3n) is 4.90. The molecule has 36 heavy (non-hydrogen) atoms. The van der Waals surface area contributed by atoms with Crippen molar-refractivity contribution >= 4 is 50.9 Å². The zero-order valence-electron chi connectivity index (χ0n) is 19.1. The summed E-state index contributed by atoms with van der Waals surface area (Å²) in [6, 6.07) is 16.0. The number of nitrogens with one attached hydrogen (secondary N) is 1. The minimum absolute atomic E-state index is 0.00190. The van der Waals surface area contributed by atoms with Crippen molar-refractivity contribution in [1.82, 2.24) is 0 Å². The van der Waals surface area contributed by atoms with Crippen molar-refractivity contribution in [3.63, 3.8) is 0 Å². The molecule has 0 unspecified atom stereocenters. The summed E-state index contributed by atoms with van der Waals surface area (Å²) in [5.74, 6) is 0.522. The molecule has 0 aromatic heterocycles. The summed E-state index contributed by atoms with van der Waals surface area (Å²) in [6.07, 6.45) is 1.43. The van der Waals surface area contributed by atoms with Crippen LogP contribution in [0.25, 0.3) is 6.08 Å². The highest BCUT2D eigenvalue weighted by Crippen LogP contribution is 2.36. The second-order valence-electron chi connectivity index (χ2n) is 7.21. The molecule has 0 aliphatic heterocycles. The standard InChI is InChI=1S/C25H19BrClN3O6/c1-34-23-12-21(24(35-2)11-20(23)27)29-25(31)17(13-28)9-16-5-8-22(19(26)10-16)36-14-15-3-6-18(7-4-15)30(32)33/h3-12H,14H2,1-2H3,(H,29,31)/b17-9+. The highest BCUT2D eigenvalue weighted by molar-refractivity contribution is 9.10. The average Bonchev–Trinajstić information content (AvgIpc) is 2.87. The lowest BCUT2D eigenvalue weighted by molar-refractivity contribution is -0.384. The van der Waals surface area contributed by atoms with Crippen LogP contribution in [0.5, 0.6) is 17.2 Å². The van der Waals surface area contributed by atoms with Crippen LogP contribution < -0.4 is 19.5 Å². The summed E-state index contributed by atoms with van der Waals surface area (Å²) >= 11 is 9.52. The summed E-state index contributed by atoms with van der Waals surface area (Å²) in [4.78, 5) is 23.1. The third-order valence-corrected chi connectivity index (χ3v) is 5.81. The first kappa shape index (κ1) is 26.5. The van der Waals surface area contributed by atoms with E-state index in [1.165, 1.54) is 44.6 Å². The Morgan fingerprint density at radius 1 is 1.11 bits per heavy atom. The number of methoxy groups -OCH3 is 2. The van der Waals surface area contributed by atoms with Crippen molar-refractivity contribution in [2.45, 2.75) is 6.61 Å². The Balaban J connectivity index is 1.74. The van der Waals surface area contributed by atoms with E-state index < -0.39 is 10.8 Å². The van der Waals surface area contributed by atoms with Gasteiger partial charge >= 0.3 is 0 Å². The molecule has 3 aromatic rings. The van der Waals surface area contributed by atoms with Gasteiger partial charge in [0.05, 0.1) is 34.3 Å². The van der Waals surface area contributed by atoms with E-state index in [2.05, 4.69) is 21.2 Å². The van der Waals surface area contributed by atoms with Crippen LogP contribution in [0.3, 0.4) is 0 Å². The maximum absolute atomic E-state index is 12.8. The van der Waals surface area contributed by atoms with E-state index in [0.29, 0.717) is 38.0 Å². The molecule has 184 valence electrons. The zero-order chi connectivity index (χ0) is 26.2. The molecule has 0 radical (unpaired) electrons. The van der Waals surface area contributed by atoms with E-state index in [4.69, 9.17) is 25.8 Å². The van der Waals surface area contributed by atoms with Gasteiger partial charge in [-0.3, -0.25) is 14.9 Å². The number of ether oxygens (including phenoxy) is 3. The summed E-state index contributed by atoms with van der Waals surface area (Å²) in [5, 5.41) is 23.3. The number of carbonyl (C=O) groups is 1. The van der Waals surface area contributed by atoms with Crippen molar-refractivity contribution in [3.8, 4) is 23.3 Å². The molecule has 0 atom stereocenters. The van der Waals surface area contributed by atoms with E-state index in [0.717, 1.165) is 5.56 Å². The van der Waals surface area contributed by atoms with Gasteiger partial charge < -0.3 is 19.5 Å². The van der Waals surface area contributed by atoms with E-state index in [1.54, 1.807) is 30.3 Å². The minimum atomic E-state index is -0.644. The maximum Gasteiger partial charge on any atom is 0.269 e. The molecule has 0 fully saturated rings. The molecule has 0 bridgehead atoms. The summed E-state index contributed by atoms with van der Waals surface area (Å²) in [7, 11) is 2.87. The number of carbonyl (C=O) groups excluding carboxylic acids is 1. The molecule has 0 aliphatic carbocycles. The van der Waals surface area contributed by atoms with Gasteiger partial charge in [-0.05, 0) is 57.4 Å². The quantitative estimate of drug-likeness (QED) is 0.141. The van der Waals surface area contributed by atoms with Crippen LogP contribution in [0.1, 0.15) is 11.1 Å². The van der Waals surface area contributed by atoms with E-state index in [9.17, 15) is 20.2 Å². The fraction of sp³-hybridized carbons (Fsp3) is 0.120. The Morgan fingerprint density at radius 3 is 2.39 bits per heavy atom. The Kier molecular flexibility index (Phi) is 8.89. The Hall–Kier alpha value is -4.07. The summed E-state index contributed by atoms with van der Waals surface area (Å²) in [5.41, 5.74) is 1.49. The lowest BCUT2D eigenvalue weighted by Gasteiger charge is -2.13. The van der Waals surface area contributed by atoms with Crippen LogP contribution >= 0.6 is 27.5 Å². The number of non-ortho nitro benzene ring substituents is 1. The first-order valence-electron chi connectivity index (χ1n) is 10.3. The Labute approximate surface area is 220 Å². The molecule has 0 saturated carbocycles. The zero-order valence-corrected chi connectivity index (χ0v) is 21.4. The van der Waals surface area contributed by atoms with Gasteiger partial charge in [0, 0.05) is 24.3 Å². The molecule has 0 heterocycles. The van der Waals surface area contributed by atoms with Crippen molar-refractivity contribution in [3.05, 3.63) is 90.9 Å². The van der Waals surface area contributed by atoms with Crippen LogP contribution in [0.4, 0.5) is 11.4 Å². The van der Waals surface area contributed by atoms with Crippen LogP contribution in [0.15, 0.2) is 64.6 Å². The number of nitro groups is 1. The van der Waals surface area contributed by atoms with Crippen molar-refractivity contribution in [2.24, 2.45) is 0 Å². The fourth-order valence-electron chi connectivity index (χ4n) is 3.06. The highest BCUT2D eigenvalue weighted by atomic mass is 79.9. The third kappa shape index (κ3) is 6.53. The summed E-state index contributed by atoms with van der Waals surface area (Å²) < 4.78 is 16.8. The van der Waals surface area contributed by atoms with Gasteiger partial charge in [0.1, 0.15) is 35.5 Å². The number of hydrogen-bond donors (Lipinski definition) is 1. The van der Waals surface area contributed by atoms with Crippen LogP contribution in [0, 0.1) is 21.4 Å². The van der Waals surface area contributed by atoms with Gasteiger partial charge in [-0.1, -0.05) is 17.7 Å². The fourth-order valence-corrected chi connectivity index (χ4v) is 3.80. The second kappa shape index (κ2) is 12.1. The molecule has 0 aliphatic rings. The summed E-state index contributed by atoms with van der Waals surface area (Å²) in [6.45, 7) is 0.198. The van der Waals surface area contributed by atoms with Crippen molar-refractivity contribution < 1.29 is 23.9 Å². The minimum Gasteiger partial charge on any atom is -0.495 e. The lowest BCUT2D eigenvalue weighted by Crippen LogP contribution is -2.14. The van der Waals surface area contributed by atoms with Gasteiger partial charge in [-0.25, -0.2) is 0 Å². The van der Waals surface area contributed by atoms with Gasteiger partial charge in [-0.15, -0.1) is 0 Å². The van der Waals surface area contributed by atoms with E-state index in [1.807, 2.05) is 6.07 Å². The normalized spacial score (nSPS) is 10.8. The molecular formula is C25H19BrClN3O6. The van der Waals surface area contributed by atoms with Gasteiger partial charge in [0.15, 0.2) is 0 Å². The molecule has 3 aromatic carbocycles. The lowest BCUT2D eigenvalue weighted by atomic mass is 10.1. The highest BCUT2D eigenvalue weighted by Gasteiger charge is 2.16. The van der Waals surface area contributed by atoms with Gasteiger partial charge in [0.25, 0.3) is 11.6 Å². The number of nitrogens with zero attached hydrogens (tertiary/aromatic N) is 2. The average molecular weight is 573 g/mol. The largest absolute Gasteiger partial charge is 0.495 e. The van der Waals surface area contributed by atoms with Gasteiger partial charge in [-0.2, -0.15) is 5.26 Å². The topological polar surface area (TPSA) is 124 Å². The SMILES string of the molecule is COc1cc(NC(=O)/C(C#N)=C/c2ccc(OCc3ccc([N+](=O)[O-])cc3)c(Br)c2)c(OC)cc1Cl. The molecule has 1 N–H and O–H groups in total. The molecule has 0 saturated heterocycles. The van der Waals surface area contributed by atoms with Crippen molar-refractivity contribution in [1.29, 1.82) is 5.26 Å². The number of anilines is 1. The number of nitriles is 1. The molecule has 1 amide bonds. The number of hydrogen-bond acceptors (Lipinski definition) is 7. The van der Waals surface area contributed by atoms with Crippen LogP contribution in [-0.4, -0.2) is 25.1 Å². The van der Waals surface area contributed by atoms with Gasteiger partial charge in [0.2, 0.25) is 0 Å². The Morgan fingerprint density at radius 2 is 1.81 bits per heavy atom. The monoisotopic (exact) mass is 571 g/mol. The van der Waals surface area contributed by atoms with E-state index in [-0.39, 0.29) is 17.9 Å². The van der Waals surface area contributed by atoms with E-state index >= 15 is 0 Å². The predicted molar refractivity (Wildman–Crippen MR) is 138 cm³/mol. The molecule has 0 spiro atoms. The number of benzene rings is 3. The number of nitro benzene ring substituents is 1. The first-order chi connectivity index (χ1) is 17.2. The van der Waals surface area contributed by atoms with Crippen LogP contribution in [-0.2, 0) is 11.4 Å². The second-order valence-corrected chi connectivity index (χ2v) is 8.47. The molecule has 3 rings (SSSR count). The van der Waals surface area contributed by atoms with Crippen LogP contribution in [0.2, 0.25) is 5.02 Å². The molecule has 9 nitrogen and oxygen atoms in total. The maximum atomic E-state index is 12.8. The molecular weight excluding hydrogens is 554 g/mol. The smallest absolute Gasteiger partial charge is 0.269 e. The number of halogens is 2. The van der Waals surface area contributed by atoms with Crippen molar-refractivity contribution in [2.75, 3.05) is 19.5 Å². The molecule has 11 heteroatoms. The Bertz CT molecular complexity index is 1370. The number of amides is 1.